The molecule has 0 aromatic heterocycles. The number of nitrogens with two attached hydrogens (primary N) is 1. The van der Waals surface area contributed by atoms with Gasteiger partial charge in [0.2, 0.25) is 10.0 Å². The van der Waals surface area contributed by atoms with Crippen LogP contribution < -0.4 is 10.5 Å². The van der Waals surface area contributed by atoms with Crippen molar-refractivity contribution in [2.45, 2.75) is 17.4 Å². The Balaban J connectivity index is 2.30. The largest absolute Gasteiger partial charge is 0.497 e. The van der Waals surface area contributed by atoms with E-state index >= 15 is 0 Å². The Hall–Kier alpha value is -1.31. The lowest BCUT2D eigenvalue weighted by molar-refractivity contribution is 0.115. The third-order valence-electron chi connectivity index (χ3n) is 3.28. The van der Waals surface area contributed by atoms with Crippen LogP contribution in [0.2, 0.25) is 0 Å². The molecule has 1 aromatic rings. The molecule has 1 aliphatic rings. The lowest BCUT2D eigenvalue weighted by Crippen LogP contribution is -2.30. The average molecular weight is 286 g/mol. The van der Waals surface area contributed by atoms with Gasteiger partial charge in [-0.2, -0.15) is 4.31 Å². The van der Waals surface area contributed by atoms with Crippen molar-refractivity contribution in [1.82, 2.24) is 4.31 Å². The molecule has 0 spiro atoms. The third-order valence-corrected chi connectivity index (χ3v) is 5.21. The molecule has 2 rings (SSSR count). The minimum atomic E-state index is -3.56. The zero-order chi connectivity index (χ0) is 14.0. The molecule has 7 heteroatoms. The predicted octanol–water partition coefficient (Wildman–Crippen LogP) is 0.687. The van der Waals surface area contributed by atoms with Crippen molar-refractivity contribution >= 4 is 15.7 Å². The highest BCUT2D eigenvalue weighted by molar-refractivity contribution is 7.89. The van der Waals surface area contributed by atoms with Crippen LogP contribution in [0.5, 0.6) is 5.75 Å². The van der Waals surface area contributed by atoms with Crippen LogP contribution in [0.15, 0.2) is 23.1 Å². The normalized spacial score (nSPS) is 20.6. The van der Waals surface area contributed by atoms with Gasteiger partial charge in [0.1, 0.15) is 10.6 Å². The molecule has 1 unspecified atom stereocenters. The summed E-state index contributed by atoms with van der Waals surface area (Å²) in [4.78, 5) is 0.116. The quantitative estimate of drug-likeness (QED) is 0.823. The number of hydrogen-bond acceptors (Lipinski definition) is 5. The van der Waals surface area contributed by atoms with Crippen LogP contribution >= 0.6 is 0 Å². The molecule has 106 valence electrons. The van der Waals surface area contributed by atoms with Crippen molar-refractivity contribution in [3.63, 3.8) is 0 Å². The Kier molecular flexibility index (Phi) is 3.98. The molecule has 0 aliphatic carbocycles. The number of methoxy groups -OCH3 is 2. The first-order chi connectivity index (χ1) is 8.98. The summed E-state index contributed by atoms with van der Waals surface area (Å²) < 4.78 is 36.5. The second-order valence-electron chi connectivity index (χ2n) is 4.41. The molecule has 1 atom stereocenters. The topological polar surface area (TPSA) is 81.9 Å². The predicted molar refractivity (Wildman–Crippen MR) is 71.6 cm³/mol. The summed E-state index contributed by atoms with van der Waals surface area (Å²) in [6.07, 6.45) is 0.653. The Bertz CT molecular complexity index is 559. The molecule has 1 aliphatic heterocycles. The van der Waals surface area contributed by atoms with Gasteiger partial charge in [-0.25, -0.2) is 8.42 Å². The van der Waals surface area contributed by atoms with E-state index in [2.05, 4.69) is 0 Å². The second-order valence-corrected chi connectivity index (χ2v) is 6.32. The van der Waals surface area contributed by atoms with Crippen molar-refractivity contribution in [3.8, 4) is 5.75 Å². The molecule has 0 bridgehead atoms. The number of nitrogens with zero attached hydrogens (tertiary/aromatic N) is 1. The standard InChI is InChI=1S/C12H18N2O4S/c1-17-9-3-4-12(11(13)7-9)19(15,16)14-6-5-10(8-14)18-2/h3-4,7,10H,5-6,8,13H2,1-2H3. The fourth-order valence-electron chi connectivity index (χ4n) is 2.14. The molecule has 0 amide bonds. The number of nitrogen functional groups attached to an aromatic ring is 1. The lowest BCUT2D eigenvalue weighted by Gasteiger charge is -2.17. The fourth-order valence-corrected chi connectivity index (χ4v) is 3.72. The van der Waals surface area contributed by atoms with E-state index in [4.69, 9.17) is 15.2 Å². The average Bonchev–Trinajstić information content (AvgIpc) is 2.87. The minimum Gasteiger partial charge on any atom is -0.497 e. The first kappa shape index (κ1) is 14.1. The lowest BCUT2D eigenvalue weighted by atomic mass is 10.3. The van der Waals surface area contributed by atoms with Crippen molar-refractivity contribution in [2.75, 3.05) is 33.0 Å². The maximum Gasteiger partial charge on any atom is 0.245 e. The van der Waals surface area contributed by atoms with Gasteiger partial charge >= 0.3 is 0 Å². The maximum atomic E-state index is 12.5. The molecule has 6 nitrogen and oxygen atoms in total. The fraction of sp³-hybridized carbons (Fsp3) is 0.500. The third kappa shape index (κ3) is 2.68. The highest BCUT2D eigenvalue weighted by Crippen LogP contribution is 2.28. The van der Waals surface area contributed by atoms with Gasteiger partial charge in [0, 0.05) is 26.3 Å². The van der Waals surface area contributed by atoms with Gasteiger partial charge in [0.15, 0.2) is 0 Å². The summed E-state index contributed by atoms with van der Waals surface area (Å²) in [5.41, 5.74) is 6.00. The summed E-state index contributed by atoms with van der Waals surface area (Å²) in [5.74, 6) is 0.535. The van der Waals surface area contributed by atoms with E-state index < -0.39 is 10.0 Å². The first-order valence-electron chi connectivity index (χ1n) is 5.95. The maximum absolute atomic E-state index is 12.5. The number of sulfonamides is 1. The van der Waals surface area contributed by atoms with E-state index in [-0.39, 0.29) is 16.7 Å². The summed E-state index contributed by atoms with van der Waals surface area (Å²) in [7, 11) is -0.472. The molecule has 2 N–H and O–H groups in total. The van der Waals surface area contributed by atoms with Crippen LogP contribution in [0.25, 0.3) is 0 Å². The van der Waals surface area contributed by atoms with E-state index in [9.17, 15) is 8.42 Å². The van der Waals surface area contributed by atoms with Crippen LogP contribution in [0.1, 0.15) is 6.42 Å². The second kappa shape index (κ2) is 5.36. The van der Waals surface area contributed by atoms with Crippen LogP contribution in [0.4, 0.5) is 5.69 Å². The molecule has 0 saturated carbocycles. The van der Waals surface area contributed by atoms with E-state index in [0.717, 1.165) is 0 Å². The van der Waals surface area contributed by atoms with Crippen molar-refractivity contribution in [1.29, 1.82) is 0 Å². The van der Waals surface area contributed by atoms with Crippen LogP contribution in [-0.2, 0) is 14.8 Å². The summed E-state index contributed by atoms with van der Waals surface area (Å²) >= 11 is 0. The Morgan fingerprint density at radius 2 is 2.11 bits per heavy atom. The molecular weight excluding hydrogens is 268 g/mol. The first-order valence-corrected chi connectivity index (χ1v) is 7.39. The van der Waals surface area contributed by atoms with Crippen LogP contribution in [-0.4, -0.2) is 46.1 Å². The van der Waals surface area contributed by atoms with Gasteiger partial charge in [-0.1, -0.05) is 0 Å². The number of benzene rings is 1. The summed E-state index contributed by atoms with van der Waals surface area (Å²) in [5, 5.41) is 0. The number of anilines is 1. The van der Waals surface area contributed by atoms with Gasteiger partial charge in [-0.3, -0.25) is 0 Å². The van der Waals surface area contributed by atoms with Crippen LogP contribution in [0.3, 0.4) is 0 Å². The summed E-state index contributed by atoms with van der Waals surface area (Å²) in [6, 6.07) is 4.58. The van der Waals surface area contributed by atoms with Crippen molar-refractivity contribution in [2.24, 2.45) is 0 Å². The van der Waals surface area contributed by atoms with Gasteiger partial charge in [-0.15, -0.1) is 0 Å². The zero-order valence-electron chi connectivity index (χ0n) is 11.0. The zero-order valence-corrected chi connectivity index (χ0v) is 11.8. The number of hydrogen-bond donors (Lipinski definition) is 1. The Morgan fingerprint density at radius 3 is 2.63 bits per heavy atom. The molecule has 1 fully saturated rings. The molecule has 0 radical (unpaired) electrons. The number of ether oxygens (including phenoxy) is 2. The highest BCUT2D eigenvalue weighted by Gasteiger charge is 2.33. The molecule has 1 saturated heterocycles. The van der Waals surface area contributed by atoms with Crippen molar-refractivity contribution in [3.05, 3.63) is 18.2 Å². The van der Waals surface area contributed by atoms with Crippen LogP contribution in [0, 0.1) is 0 Å². The van der Waals surface area contributed by atoms with E-state index in [1.165, 1.54) is 23.5 Å². The molecule has 19 heavy (non-hydrogen) atoms. The van der Waals surface area contributed by atoms with E-state index in [0.29, 0.717) is 25.3 Å². The monoisotopic (exact) mass is 286 g/mol. The smallest absolute Gasteiger partial charge is 0.245 e. The van der Waals surface area contributed by atoms with Crippen molar-refractivity contribution < 1.29 is 17.9 Å². The Morgan fingerprint density at radius 1 is 1.37 bits per heavy atom. The van der Waals surface area contributed by atoms with Gasteiger partial charge in [0.05, 0.1) is 18.9 Å². The molecule has 1 heterocycles. The minimum absolute atomic E-state index is 0.0470. The van der Waals surface area contributed by atoms with Gasteiger partial charge in [-0.05, 0) is 18.6 Å². The number of rotatable bonds is 4. The van der Waals surface area contributed by atoms with Gasteiger partial charge in [0.25, 0.3) is 0 Å². The Labute approximate surface area is 113 Å². The van der Waals surface area contributed by atoms with E-state index in [1.54, 1.807) is 13.2 Å². The molecular formula is C12H18N2O4S. The SMILES string of the molecule is COc1ccc(S(=O)(=O)N2CCC(OC)C2)c(N)c1. The van der Waals surface area contributed by atoms with E-state index in [1.807, 2.05) is 0 Å². The highest BCUT2D eigenvalue weighted by atomic mass is 32.2. The van der Waals surface area contributed by atoms with Gasteiger partial charge < -0.3 is 15.2 Å². The summed E-state index contributed by atoms with van der Waals surface area (Å²) in [6.45, 7) is 0.816. The molecule has 1 aromatic carbocycles.